The van der Waals surface area contributed by atoms with Gasteiger partial charge in [-0.25, -0.2) is 0 Å². The third kappa shape index (κ3) is 2.76. The van der Waals surface area contributed by atoms with Gasteiger partial charge in [0.1, 0.15) is 0 Å². The standard InChI is InChI=1S/C14H18N2O3/c1-15(9-10-17)13(18)14(19)16-8-4-6-11-5-2-3-7-12(11)16/h2-3,5,7,17H,4,6,8-10H2,1H3. The fraction of sp³-hybridized carbons (Fsp3) is 0.429. The van der Waals surface area contributed by atoms with E-state index in [1.807, 2.05) is 24.3 Å². The summed E-state index contributed by atoms with van der Waals surface area (Å²) in [5.74, 6) is -1.10. The van der Waals surface area contributed by atoms with Gasteiger partial charge in [-0.3, -0.25) is 9.59 Å². The van der Waals surface area contributed by atoms with Crippen LogP contribution in [0.3, 0.4) is 0 Å². The molecule has 0 saturated carbocycles. The predicted molar refractivity (Wildman–Crippen MR) is 71.8 cm³/mol. The Morgan fingerprint density at radius 3 is 2.84 bits per heavy atom. The minimum absolute atomic E-state index is 0.147. The third-order valence-electron chi connectivity index (χ3n) is 3.32. The topological polar surface area (TPSA) is 60.9 Å². The van der Waals surface area contributed by atoms with Gasteiger partial charge in [0.05, 0.1) is 6.61 Å². The number of para-hydroxylation sites is 1. The van der Waals surface area contributed by atoms with Crippen LogP contribution in [0.25, 0.3) is 0 Å². The van der Waals surface area contributed by atoms with Gasteiger partial charge in [-0.1, -0.05) is 18.2 Å². The maximum Gasteiger partial charge on any atom is 0.316 e. The van der Waals surface area contributed by atoms with E-state index in [0.717, 1.165) is 24.1 Å². The lowest BCUT2D eigenvalue weighted by Crippen LogP contribution is -2.46. The second-order valence-electron chi connectivity index (χ2n) is 4.64. The SMILES string of the molecule is CN(CCO)C(=O)C(=O)N1CCCc2ccccc21. The molecule has 5 heteroatoms. The maximum absolute atomic E-state index is 12.2. The van der Waals surface area contributed by atoms with Gasteiger partial charge in [0, 0.05) is 25.8 Å². The van der Waals surface area contributed by atoms with Crippen LogP contribution >= 0.6 is 0 Å². The zero-order valence-corrected chi connectivity index (χ0v) is 11.0. The Morgan fingerprint density at radius 2 is 2.11 bits per heavy atom. The molecule has 102 valence electrons. The molecular weight excluding hydrogens is 244 g/mol. The lowest BCUT2D eigenvalue weighted by atomic mass is 10.0. The summed E-state index contributed by atoms with van der Waals surface area (Å²) >= 11 is 0. The first-order chi connectivity index (χ1) is 9.15. The average Bonchev–Trinajstić information content (AvgIpc) is 2.45. The van der Waals surface area contributed by atoms with Crippen LogP contribution in [0.5, 0.6) is 0 Å². The maximum atomic E-state index is 12.2. The Morgan fingerprint density at radius 1 is 1.37 bits per heavy atom. The molecule has 0 aromatic heterocycles. The number of amides is 2. The summed E-state index contributed by atoms with van der Waals surface area (Å²) in [4.78, 5) is 27.0. The number of fused-ring (bicyclic) bond motifs is 1. The number of carbonyl (C=O) groups excluding carboxylic acids is 2. The second-order valence-corrected chi connectivity index (χ2v) is 4.64. The molecule has 2 rings (SSSR count). The number of hydrogen-bond donors (Lipinski definition) is 1. The van der Waals surface area contributed by atoms with Gasteiger partial charge in [-0.2, -0.15) is 0 Å². The molecule has 1 N–H and O–H groups in total. The van der Waals surface area contributed by atoms with Crippen LogP contribution in [0.2, 0.25) is 0 Å². The van der Waals surface area contributed by atoms with Gasteiger partial charge in [0.15, 0.2) is 0 Å². The molecule has 0 radical (unpaired) electrons. The Labute approximate surface area is 112 Å². The quantitative estimate of drug-likeness (QED) is 0.786. The molecule has 0 fully saturated rings. The van der Waals surface area contributed by atoms with Crippen LogP contribution in [0, 0.1) is 0 Å². The van der Waals surface area contributed by atoms with Crippen LogP contribution in [-0.4, -0.2) is 48.6 Å². The van der Waals surface area contributed by atoms with Crippen molar-refractivity contribution < 1.29 is 14.7 Å². The number of carbonyl (C=O) groups is 2. The minimum atomic E-state index is -0.578. The third-order valence-corrected chi connectivity index (χ3v) is 3.32. The number of benzene rings is 1. The lowest BCUT2D eigenvalue weighted by molar-refractivity contribution is -0.143. The number of likely N-dealkylation sites (N-methyl/N-ethyl adjacent to an activating group) is 1. The molecule has 1 aliphatic rings. The number of aryl methyl sites for hydroxylation is 1. The van der Waals surface area contributed by atoms with Gasteiger partial charge in [-0.05, 0) is 24.5 Å². The molecule has 1 aromatic rings. The molecule has 5 nitrogen and oxygen atoms in total. The first-order valence-electron chi connectivity index (χ1n) is 6.41. The van der Waals surface area contributed by atoms with Crippen molar-refractivity contribution in [1.82, 2.24) is 4.90 Å². The monoisotopic (exact) mass is 262 g/mol. The van der Waals surface area contributed by atoms with Gasteiger partial charge in [-0.15, -0.1) is 0 Å². The molecular formula is C14H18N2O3. The van der Waals surface area contributed by atoms with Crippen molar-refractivity contribution in [3.63, 3.8) is 0 Å². The van der Waals surface area contributed by atoms with E-state index in [9.17, 15) is 9.59 Å². The fourth-order valence-electron chi connectivity index (χ4n) is 2.27. The lowest BCUT2D eigenvalue weighted by Gasteiger charge is -2.30. The van der Waals surface area contributed by atoms with Crippen LogP contribution in [0.4, 0.5) is 5.69 Å². The summed E-state index contributed by atoms with van der Waals surface area (Å²) in [6.45, 7) is 0.584. The van der Waals surface area contributed by atoms with E-state index in [0.29, 0.717) is 6.54 Å². The highest BCUT2D eigenvalue weighted by Crippen LogP contribution is 2.26. The Kier molecular flexibility index (Phi) is 4.16. The van der Waals surface area contributed by atoms with Crippen molar-refractivity contribution in [2.75, 3.05) is 31.6 Å². The molecule has 0 aliphatic carbocycles. The number of anilines is 1. The highest BCUT2D eigenvalue weighted by atomic mass is 16.3. The van der Waals surface area contributed by atoms with Crippen LogP contribution in [0.1, 0.15) is 12.0 Å². The van der Waals surface area contributed by atoms with Crippen LogP contribution < -0.4 is 4.90 Å². The molecule has 0 spiro atoms. The smallest absolute Gasteiger partial charge is 0.316 e. The Hall–Kier alpha value is -1.88. The van der Waals surface area contributed by atoms with Crippen molar-refractivity contribution >= 4 is 17.5 Å². The molecule has 0 bridgehead atoms. The fourth-order valence-corrected chi connectivity index (χ4v) is 2.27. The van der Waals surface area contributed by atoms with Gasteiger partial charge in [0.2, 0.25) is 0 Å². The second kappa shape index (κ2) is 5.84. The van der Waals surface area contributed by atoms with Crippen molar-refractivity contribution in [3.8, 4) is 0 Å². The summed E-state index contributed by atoms with van der Waals surface area (Å²) in [5.41, 5.74) is 1.92. The van der Waals surface area contributed by atoms with Crippen LogP contribution in [-0.2, 0) is 16.0 Å². The Balaban J connectivity index is 2.19. The van der Waals surface area contributed by atoms with Crippen molar-refractivity contribution in [2.45, 2.75) is 12.8 Å². The van der Waals surface area contributed by atoms with E-state index in [4.69, 9.17) is 5.11 Å². The first-order valence-corrected chi connectivity index (χ1v) is 6.41. The molecule has 1 aromatic carbocycles. The van der Waals surface area contributed by atoms with E-state index in [-0.39, 0.29) is 13.2 Å². The van der Waals surface area contributed by atoms with E-state index >= 15 is 0 Å². The predicted octanol–water partition coefficient (Wildman–Crippen LogP) is 0.416. The summed E-state index contributed by atoms with van der Waals surface area (Å²) in [6.07, 6.45) is 1.79. The molecule has 19 heavy (non-hydrogen) atoms. The molecule has 1 aliphatic heterocycles. The molecule has 1 heterocycles. The molecule has 0 saturated heterocycles. The van der Waals surface area contributed by atoms with Crippen molar-refractivity contribution in [1.29, 1.82) is 0 Å². The molecule has 2 amide bonds. The van der Waals surface area contributed by atoms with E-state index in [1.54, 1.807) is 0 Å². The summed E-state index contributed by atoms with van der Waals surface area (Å²) in [5, 5.41) is 8.82. The largest absolute Gasteiger partial charge is 0.395 e. The summed E-state index contributed by atoms with van der Waals surface area (Å²) < 4.78 is 0. The minimum Gasteiger partial charge on any atom is -0.395 e. The average molecular weight is 262 g/mol. The van der Waals surface area contributed by atoms with Gasteiger partial charge >= 0.3 is 11.8 Å². The van der Waals surface area contributed by atoms with Gasteiger partial charge in [0.25, 0.3) is 0 Å². The summed E-state index contributed by atoms with van der Waals surface area (Å²) in [6, 6.07) is 7.65. The number of nitrogens with zero attached hydrogens (tertiary/aromatic N) is 2. The van der Waals surface area contributed by atoms with Crippen molar-refractivity contribution in [3.05, 3.63) is 29.8 Å². The number of aliphatic hydroxyl groups excluding tert-OH is 1. The highest BCUT2D eigenvalue weighted by Gasteiger charge is 2.28. The summed E-state index contributed by atoms with van der Waals surface area (Å²) in [7, 11) is 1.52. The van der Waals surface area contributed by atoms with Gasteiger partial charge < -0.3 is 14.9 Å². The van der Waals surface area contributed by atoms with Crippen molar-refractivity contribution in [2.24, 2.45) is 0 Å². The number of hydrogen-bond acceptors (Lipinski definition) is 3. The van der Waals surface area contributed by atoms with E-state index < -0.39 is 11.8 Å². The Bertz CT molecular complexity index is 487. The normalized spacial score (nSPS) is 13.9. The van der Waals surface area contributed by atoms with E-state index in [1.165, 1.54) is 16.8 Å². The number of rotatable bonds is 2. The van der Waals surface area contributed by atoms with Crippen LogP contribution in [0.15, 0.2) is 24.3 Å². The highest BCUT2D eigenvalue weighted by molar-refractivity contribution is 6.40. The van der Waals surface area contributed by atoms with E-state index in [2.05, 4.69) is 0 Å². The molecule has 0 unspecified atom stereocenters. The zero-order chi connectivity index (χ0) is 13.8. The zero-order valence-electron chi connectivity index (χ0n) is 11.0. The first kappa shape index (κ1) is 13.5. The molecule has 0 atom stereocenters. The number of aliphatic hydroxyl groups is 1.